The van der Waals surface area contributed by atoms with Crippen molar-refractivity contribution in [1.29, 1.82) is 0 Å². The van der Waals surface area contributed by atoms with Gasteiger partial charge in [0.05, 0.1) is 15.7 Å². The lowest BCUT2D eigenvalue weighted by atomic mass is 10.2. The Labute approximate surface area is 129 Å². The van der Waals surface area contributed by atoms with E-state index in [2.05, 4.69) is 10.3 Å². The van der Waals surface area contributed by atoms with Gasteiger partial charge in [0.25, 0.3) is 0 Å². The van der Waals surface area contributed by atoms with Crippen molar-refractivity contribution >= 4 is 35.4 Å². The molecule has 20 heavy (non-hydrogen) atoms. The van der Waals surface area contributed by atoms with Crippen LogP contribution in [0.3, 0.4) is 0 Å². The van der Waals surface area contributed by atoms with Crippen LogP contribution in [0.5, 0.6) is 0 Å². The third kappa shape index (κ3) is 6.78. The number of amides is 1. The third-order valence-corrected chi connectivity index (χ3v) is 2.60. The van der Waals surface area contributed by atoms with Gasteiger partial charge in [0.15, 0.2) is 0 Å². The highest BCUT2D eigenvalue weighted by Gasteiger charge is 2.15. The molecule has 1 aromatic rings. The Balaban J connectivity index is 2.34. The zero-order valence-corrected chi connectivity index (χ0v) is 13.3. The van der Waals surface area contributed by atoms with Crippen molar-refractivity contribution in [3.05, 3.63) is 34.1 Å². The van der Waals surface area contributed by atoms with Crippen molar-refractivity contribution in [2.45, 2.75) is 32.8 Å². The minimum atomic E-state index is -0.485. The van der Waals surface area contributed by atoms with E-state index in [1.807, 2.05) is 26.8 Å². The summed E-state index contributed by atoms with van der Waals surface area (Å²) in [5.41, 5.74) is 0.161. The molecule has 0 aliphatic carbocycles. The molecular formula is C14H18Cl2N2O2. The molecule has 0 fully saturated rings. The fraction of sp³-hybridized carbons (Fsp3) is 0.429. The van der Waals surface area contributed by atoms with E-state index in [0.717, 1.165) is 0 Å². The summed E-state index contributed by atoms with van der Waals surface area (Å²) in [4.78, 5) is 15.5. The molecule has 1 aromatic heterocycles. The van der Waals surface area contributed by atoms with Crippen LogP contribution in [0.4, 0.5) is 4.79 Å². The number of ether oxygens (including phenoxy) is 1. The van der Waals surface area contributed by atoms with Crippen LogP contribution in [0.1, 0.15) is 32.9 Å². The molecule has 1 heterocycles. The Morgan fingerprint density at radius 1 is 1.45 bits per heavy atom. The fourth-order valence-electron chi connectivity index (χ4n) is 1.31. The lowest BCUT2D eigenvalue weighted by molar-refractivity contribution is 0.0529. The van der Waals surface area contributed by atoms with E-state index in [1.54, 1.807) is 12.1 Å². The molecule has 6 heteroatoms. The summed E-state index contributed by atoms with van der Waals surface area (Å²) in [6, 6.07) is 1.63. The van der Waals surface area contributed by atoms with Crippen molar-refractivity contribution in [2.75, 3.05) is 6.54 Å². The second kappa shape index (κ2) is 7.50. The Hall–Kier alpha value is -1.26. The second-order valence-electron chi connectivity index (χ2n) is 5.14. The number of nitrogens with one attached hydrogen (secondary N) is 1. The summed E-state index contributed by atoms with van der Waals surface area (Å²) in [6.45, 7) is 5.94. The number of carbonyl (C=O) groups is 1. The molecule has 0 saturated carbocycles. The maximum atomic E-state index is 11.4. The summed E-state index contributed by atoms with van der Waals surface area (Å²) in [5, 5.41) is 3.66. The van der Waals surface area contributed by atoms with E-state index in [0.29, 0.717) is 28.7 Å². The highest BCUT2D eigenvalue weighted by Crippen LogP contribution is 2.19. The molecule has 4 nitrogen and oxygen atoms in total. The molecule has 1 N–H and O–H groups in total. The first kappa shape index (κ1) is 16.8. The normalized spacial score (nSPS) is 11.7. The number of carbonyl (C=O) groups excluding carboxylic acids is 1. The maximum Gasteiger partial charge on any atom is 0.407 e. The van der Waals surface area contributed by atoms with Gasteiger partial charge >= 0.3 is 6.09 Å². The number of pyridine rings is 1. The minimum absolute atomic E-state index is 0.423. The molecule has 110 valence electrons. The lowest BCUT2D eigenvalue weighted by Crippen LogP contribution is -2.32. The molecule has 0 spiro atoms. The zero-order valence-electron chi connectivity index (χ0n) is 11.7. The van der Waals surface area contributed by atoms with Crippen LogP contribution in [-0.2, 0) is 4.74 Å². The van der Waals surface area contributed by atoms with E-state index in [-0.39, 0.29) is 0 Å². The van der Waals surface area contributed by atoms with Gasteiger partial charge in [0, 0.05) is 12.7 Å². The Kier molecular flexibility index (Phi) is 6.30. The summed E-state index contributed by atoms with van der Waals surface area (Å²) < 4.78 is 5.11. The number of aromatic nitrogens is 1. The van der Waals surface area contributed by atoms with Crippen LogP contribution in [-0.4, -0.2) is 23.2 Å². The molecule has 0 aliphatic rings. The van der Waals surface area contributed by atoms with Gasteiger partial charge in [0.1, 0.15) is 5.60 Å². The van der Waals surface area contributed by atoms with E-state index in [9.17, 15) is 4.79 Å². The van der Waals surface area contributed by atoms with E-state index < -0.39 is 11.7 Å². The number of nitrogens with zero attached hydrogens (tertiary/aromatic N) is 1. The molecule has 0 bridgehead atoms. The molecule has 0 aliphatic heterocycles. The van der Waals surface area contributed by atoms with E-state index in [4.69, 9.17) is 27.9 Å². The van der Waals surface area contributed by atoms with Gasteiger partial charge in [-0.15, -0.1) is 0 Å². The average molecular weight is 317 g/mol. The third-order valence-electron chi connectivity index (χ3n) is 2.09. The predicted octanol–water partition coefficient (Wildman–Crippen LogP) is 4.32. The van der Waals surface area contributed by atoms with Crippen LogP contribution in [0.15, 0.2) is 18.3 Å². The van der Waals surface area contributed by atoms with E-state index >= 15 is 0 Å². The number of hydrogen-bond acceptors (Lipinski definition) is 3. The Morgan fingerprint density at radius 2 is 2.15 bits per heavy atom. The zero-order chi connectivity index (χ0) is 15.2. The van der Waals surface area contributed by atoms with Crippen LogP contribution in [0.2, 0.25) is 10.0 Å². The number of hydrogen-bond donors (Lipinski definition) is 1. The Bertz CT molecular complexity index is 496. The summed E-state index contributed by atoms with van der Waals surface area (Å²) in [7, 11) is 0. The fourth-order valence-corrected chi connectivity index (χ4v) is 1.76. The largest absolute Gasteiger partial charge is 0.444 e. The maximum absolute atomic E-state index is 11.4. The highest BCUT2D eigenvalue weighted by molar-refractivity contribution is 6.35. The van der Waals surface area contributed by atoms with Gasteiger partial charge in [-0.05, 0) is 39.3 Å². The lowest BCUT2D eigenvalue weighted by Gasteiger charge is -2.19. The van der Waals surface area contributed by atoms with E-state index in [1.165, 1.54) is 6.20 Å². The first-order valence-electron chi connectivity index (χ1n) is 6.22. The Morgan fingerprint density at radius 3 is 2.75 bits per heavy atom. The predicted molar refractivity (Wildman–Crippen MR) is 82.1 cm³/mol. The van der Waals surface area contributed by atoms with Crippen molar-refractivity contribution in [2.24, 2.45) is 0 Å². The van der Waals surface area contributed by atoms with Gasteiger partial charge < -0.3 is 10.1 Å². The summed E-state index contributed by atoms with van der Waals surface area (Å²) >= 11 is 11.7. The van der Waals surface area contributed by atoms with Gasteiger partial charge in [-0.2, -0.15) is 0 Å². The topological polar surface area (TPSA) is 51.2 Å². The molecule has 0 atom stereocenters. The molecule has 0 aromatic carbocycles. The molecule has 1 amide bonds. The SMILES string of the molecule is CC(C)(C)OC(=O)NCCC=Cc1ncc(Cl)cc1Cl. The van der Waals surface area contributed by atoms with Gasteiger partial charge in [0.2, 0.25) is 0 Å². The molecular weight excluding hydrogens is 299 g/mol. The first-order chi connectivity index (χ1) is 9.28. The van der Waals surface area contributed by atoms with Crippen LogP contribution in [0, 0.1) is 0 Å². The molecule has 1 rings (SSSR count). The summed E-state index contributed by atoms with van der Waals surface area (Å²) in [5.74, 6) is 0. The molecule has 0 saturated heterocycles. The second-order valence-corrected chi connectivity index (χ2v) is 5.98. The van der Waals surface area contributed by atoms with Crippen LogP contribution < -0.4 is 5.32 Å². The smallest absolute Gasteiger partial charge is 0.407 e. The van der Waals surface area contributed by atoms with Gasteiger partial charge in [-0.1, -0.05) is 29.3 Å². The van der Waals surface area contributed by atoms with Crippen LogP contribution in [0.25, 0.3) is 6.08 Å². The quantitative estimate of drug-likeness (QED) is 0.842. The van der Waals surface area contributed by atoms with Crippen LogP contribution >= 0.6 is 23.2 Å². The monoisotopic (exact) mass is 316 g/mol. The molecule has 0 unspecified atom stereocenters. The number of halogens is 2. The number of alkyl carbamates (subject to hydrolysis) is 1. The minimum Gasteiger partial charge on any atom is -0.444 e. The van der Waals surface area contributed by atoms with Crippen molar-refractivity contribution < 1.29 is 9.53 Å². The molecule has 0 radical (unpaired) electrons. The van der Waals surface area contributed by atoms with Crippen molar-refractivity contribution in [1.82, 2.24) is 10.3 Å². The summed E-state index contributed by atoms with van der Waals surface area (Å²) in [6.07, 6.45) is 5.43. The van der Waals surface area contributed by atoms with Gasteiger partial charge in [-0.25, -0.2) is 4.79 Å². The first-order valence-corrected chi connectivity index (χ1v) is 6.98. The van der Waals surface area contributed by atoms with Crippen molar-refractivity contribution in [3.63, 3.8) is 0 Å². The highest BCUT2D eigenvalue weighted by atomic mass is 35.5. The standard InChI is InChI=1S/C14H18Cl2N2O2/c1-14(2,3)20-13(19)17-7-5-4-6-12-11(16)8-10(15)9-18-12/h4,6,8-9H,5,7H2,1-3H3,(H,17,19). The number of rotatable bonds is 4. The van der Waals surface area contributed by atoms with Crippen molar-refractivity contribution in [3.8, 4) is 0 Å². The average Bonchev–Trinajstić information content (AvgIpc) is 2.28. The van der Waals surface area contributed by atoms with Gasteiger partial charge in [-0.3, -0.25) is 4.98 Å².